The molecule has 10 heteroatoms. The number of alkyl halides is 3. The molecular formula is C16H16F3NO6. The minimum Gasteiger partial charge on any atom is -0.450 e. The Bertz CT molecular complexity index is 664. The van der Waals surface area contributed by atoms with Crippen LogP contribution >= 0.6 is 0 Å². The highest BCUT2D eigenvalue weighted by atomic mass is 19.4. The Morgan fingerprint density at radius 2 is 1.81 bits per heavy atom. The highest BCUT2D eigenvalue weighted by Crippen LogP contribution is 2.23. The summed E-state index contributed by atoms with van der Waals surface area (Å²) in [5, 5.41) is 1.76. The molecule has 1 N–H and O–H groups in total. The third-order valence-electron chi connectivity index (χ3n) is 3.48. The van der Waals surface area contributed by atoms with Gasteiger partial charge in [-0.1, -0.05) is 18.2 Å². The molecule has 0 aliphatic carbocycles. The van der Waals surface area contributed by atoms with Gasteiger partial charge in [-0.15, -0.1) is 0 Å². The molecule has 0 bridgehead atoms. The van der Waals surface area contributed by atoms with Gasteiger partial charge in [0.25, 0.3) is 0 Å². The summed E-state index contributed by atoms with van der Waals surface area (Å²) in [6, 6.07) is 6.44. The lowest BCUT2D eigenvalue weighted by Crippen LogP contribution is -2.57. The van der Waals surface area contributed by atoms with Gasteiger partial charge in [0, 0.05) is 6.92 Å². The second kappa shape index (κ2) is 8.17. The molecule has 26 heavy (non-hydrogen) atoms. The van der Waals surface area contributed by atoms with E-state index in [-0.39, 0.29) is 18.6 Å². The molecule has 0 spiro atoms. The van der Waals surface area contributed by atoms with E-state index in [1.54, 1.807) is 23.5 Å². The Morgan fingerprint density at radius 1 is 1.15 bits per heavy atom. The Balaban J connectivity index is 2.19. The average molecular weight is 375 g/mol. The molecule has 1 heterocycles. The van der Waals surface area contributed by atoms with Gasteiger partial charge in [-0.3, -0.25) is 9.59 Å². The minimum atomic E-state index is -5.11. The second-order valence-electron chi connectivity index (χ2n) is 5.45. The monoisotopic (exact) mass is 375 g/mol. The van der Waals surface area contributed by atoms with E-state index in [9.17, 15) is 27.6 Å². The first kappa shape index (κ1) is 19.7. The number of carbonyl (C=O) groups is 3. The van der Waals surface area contributed by atoms with Crippen molar-refractivity contribution in [2.75, 3.05) is 6.61 Å². The first-order valence-electron chi connectivity index (χ1n) is 7.61. The maximum absolute atomic E-state index is 12.5. The Hall–Kier alpha value is -2.62. The van der Waals surface area contributed by atoms with E-state index in [0.717, 1.165) is 6.92 Å². The molecule has 1 aliphatic heterocycles. The van der Waals surface area contributed by atoms with Crippen molar-refractivity contribution in [2.45, 2.75) is 38.0 Å². The van der Waals surface area contributed by atoms with Crippen LogP contribution < -0.4 is 5.32 Å². The van der Waals surface area contributed by atoms with E-state index in [2.05, 4.69) is 0 Å². The molecule has 7 nitrogen and oxygen atoms in total. The molecule has 1 aromatic rings. The van der Waals surface area contributed by atoms with Crippen LogP contribution in [-0.4, -0.2) is 49.1 Å². The van der Waals surface area contributed by atoms with Gasteiger partial charge in [0.15, 0.2) is 6.10 Å². The van der Waals surface area contributed by atoms with Crippen molar-refractivity contribution in [3.05, 3.63) is 35.9 Å². The Morgan fingerprint density at radius 3 is 2.38 bits per heavy atom. The van der Waals surface area contributed by atoms with Crippen molar-refractivity contribution < 1.29 is 41.8 Å². The molecule has 1 saturated heterocycles. The zero-order valence-electron chi connectivity index (χ0n) is 13.6. The zero-order valence-corrected chi connectivity index (χ0v) is 13.6. The number of halogens is 3. The van der Waals surface area contributed by atoms with Crippen LogP contribution in [0.25, 0.3) is 0 Å². The summed E-state index contributed by atoms with van der Waals surface area (Å²) < 4.78 is 52.8. The van der Waals surface area contributed by atoms with E-state index in [1.165, 1.54) is 12.1 Å². The van der Waals surface area contributed by atoms with Crippen LogP contribution in [0.5, 0.6) is 0 Å². The number of nitrogens with one attached hydrogen (secondary N) is 1. The Kier molecular flexibility index (Phi) is 6.19. The predicted octanol–water partition coefficient (Wildman–Crippen LogP) is 1.57. The number of ether oxygens (including phenoxy) is 3. The molecule has 1 amide bonds. The van der Waals surface area contributed by atoms with Crippen molar-refractivity contribution in [2.24, 2.45) is 0 Å². The van der Waals surface area contributed by atoms with Gasteiger partial charge in [0.05, 0.1) is 18.2 Å². The molecule has 0 unspecified atom stereocenters. The van der Waals surface area contributed by atoms with Gasteiger partial charge in [-0.25, -0.2) is 4.79 Å². The molecule has 3 atom stereocenters. The van der Waals surface area contributed by atoms with E-state index in [1.807, 2.05) is 0 Å². The van der Waals surface area contributed by atoms with Gasteiger partial charge in [-0.2, -0.15) is 13.2 Å². The first-order valence-corrected chi connectivity index (χ1v) is 7.61. The highest BCUT2D eigenvalue weighted by Gasteiger charge is 2.45. The van der Waals surface area contributed by atoms with Crippen LogP contribution in [0, 0.1) is 0 Å². The van der Waals surface area contributed by atoms with E-state index >= 15 is 0 Å². The summed E-state index contributed by atoms with van der Waals surface area (Å²) in [6.07, 6.45) is -8.05. The van der Waals surface area contributed by atoms with Crippen LogP contribution in [0.2, 0.25) is 0 Å². The summed E-state index contributed by atoms with van der Waals surface area (Å²) in [7, 11) is 0. The lowest BCUT2D eigenvalue weighted by molar-refractivity contribution is -0.222. The smallest absolute Gasteiger partial charge is 0.450 e. The summed E-state index contributed by atoms with van der Waals surface area (Å²) in [5.41, 5.74) is 0.139. The summed E-state index contributed by atoms with van der Waals surface area (Å²) in [5.74, 6) is -3.82. The SMILES string of the molecule is CC(=O)O[C@H]1OCC[C@@H](NC(=O)C(F)(F)F)[C@H]1OC(=O)c1ccccc1. The number of amides is 1. The van der Waals surface area contributed by atoms with Crippen molar-refractivity contribution >= 4 is 17.8 Å². The lowest BCUT2D eigenvalue weighted by Gasteiger charge is -2.36. The number of carbonyl (C=O) groups excluding carboxylic acids is 3. The van der Waals surface area contributed by atoms with Gasteiger partial charge >= 0.3 is 24.0 Å². The van der Waals surface area contributed by atoms with Crippen LogP contribution in [0.15, 0.2) is 30.3 Å². The predicted molar refractivity (Wildman–Crippen MR) is 79.8 cm³/mol. The summed E-state index contributed by atoms with van der Waals surface area (Å²) >= 11 is 0. The summed E-state index contributed by atoms with van der Waals surface area (Å²) in [6.45, 7) is 0.970. The number of hydrogen-bond acceptors (Lipinski definition) is 6. The second-order valence-corrected chi connectivity index (χ2v) is 5.45. The van der Waals surface area contributed by atoms with Crippen molar-refractivity contribution in [3.63, 3.8) is 0 Å². The number of benzene rings is 1. The fraction of sp³-hybridized carbons (Fsp3) is 0.438. The largest absolute Gasteiger partial charge is 0.471 e. The molecule has 0 radical (unpaired) electrons. The van der Waals surface area contributed by atoms with Crippen LogP contribution in [0.4, 0.5) is 13.2 Å². The third kappa shape index (κ3) is 5.19. The van der Waals surface area contributed by atoms with Gasteiger partial charge in [0.1, 0.15) is 0 Å². The van der Waals surface area contributed by atoms with Crippen molar-refractivity contribution in [3.8, 4) is 0 Å². The van der Waals surface area contributed by atoms with Crippen LogP contribution in [0.3, 0.4) is 0 Å². The standard InChI is InChI=1S/C16H16F3NO6/c1-9(21)25-14-12(26-13(22)10-5-3-2-4-6-10)11(7-8-24-14)20-15(23)16(17,18)19/h2-6,11-12,14H,7-8H2,1H3,(H,20,23)/t11-,12-,14-/m1/s1. The number of rotatable bonds is 4. The van der Waals surface area contributed by atoms with Gasteiger partial charge in [0.2, 0.25) is 6.29 Å². The maximum Gasteiger partial charge on any atom is 0.471 e. The lowest BCUT2D eigenvalue weighted by atomic mass is 10.0. The fourth-order valence-corrected chi connectivity index (χ4v) is 2.33. The molecule has 0 aromatic heterocycles. The fourth-order valence-electron chi connectivity index (χ4n) is 2.33. The van der Waals surface area contributed by atoms with E-state index < -0.39 is 42.5 Å². The van der Waals surface area contributed by atoms with Gasteiger partial charge in [-0.05, 0) is 18.6 Å². The highest BCUT2D eigenvalue weighted by molar-refractivity contribution is 5.89. The average Bonchev–Trinajstić information content (AvgIpc) is 2.57. The first-order chi connectivity index (χ1) is 12.2. The number of esters is 2. The van der Waals surface area contributed by atoms with E-state index in [4.69, 9.17) is 14.2 Å². The molecule has 1 aromatic carbocycles. The van der Waals surface area contributed by atoms with Gasteiger partial charge < -0.3 is 19.5 Å². The molecule has 2 rings (SSSR count). The molecule has 1 fully saturated rings. The van der Waals surface area contributed by atoms with Crippen LogP contribution in [-0.2, 0) is 23.8 Å². The van der Waals surface area contributed by atoms with Crippen molar-refractivity contribution in [1.29, 1.82) is 0 Å². The third-order valence-corrected chi connectivity index (χ3v) is 3.48. The molecular weight excluding hydrogens is 359 g/mol. The molecule has 1 aliphatic rings. The topological polar surface area (TPSA) is 90.9 Å². The summed E-state index contributed by atoms with van der Waals surface area (Å²) in [4.78, 5) is 34.6. The van der Waals surface area contributed by atoms with Crippen LogP contribution in [0.1, 0.15) is 23.7 Å². The molecule has 142 valence electrons. The van der Waals surface area contributed by atoms with E-state index in [0.29, 0.717) is 0 Å². The maximum atomic E-state index is 12.5. The Labute approximate surface area is 146 Å². The zero-order chi connectivity index (χ0) is 19.3. The molecule has 0 saturated carbocycles. The number of hydrogen-bond donors (Lipinski definition) is 1. The minimum absolute atomic E-state index is 0.0632. The van der Waals surface area contributed by atoms with Crippen molar-refractivity contribution in [1.82, 2.24) is 5.32 Å². The quantitative estimate of drug-likeness (QED) is 0.804. The normalized spacial score (nSPS) is 23.0.